The second kappa shape index (κ2) is 5.27. The highest BCUT2D eigenvalue weighted by molar-refractivity contribution is 5.73. The molecule has 98 valence electrons. The Hall–Kier alpha value is -1.75. The van der Waals surface area contributed by atoms with Crippen LogP contribution in [0.2, 0.25) is 0 Å². The lowest BCUT2D eigenvalue weighted by atomic mass is 10.0. The highest BCUT2D eigenvalue weighted by atomic mass is 16.5. The largest absolute Gasteiger partial charge is 0.497 e. The number of nitrogens with two attached hydrogens (primary N) is 1. The summed E-state index contributed by atoms with van der Waals surface area (Å²) in [6.45, 7) is 1.54. The molecule has 2 rings (SSSR count). The maximum absolute atomic E-state index is 10.9. The van der Waals surface area contributed by atoms with Gasteiger partial charge in [-0.05, 0) is 30.7 Å². The molecule has 0 aliphatic carbocycles. The molecule has 18 heavy (non-hydrogen) atoms. The zero-order chi connectivity index (χ0) is 13.1. The van der Waals surface area contributed by atoms with Crippen LogP contribution in [0.15, 0.2) is 24.3 Å². The van der Waals surface area contributed by atoms with E-state index in [1.807, 2.05) is 24.3 Å². The smallest absolute Gasteiger partial charge is 0.320 e. The number of benzene rings is 1. The normalized spacial score (nSPS) is 20.8. The summed E-state index contributed by atoms with van der Waals surface area (Å²) in [5.74, 6) is -0.0853. The van der Waals surface area contributed by atoms with Crippen molar-refractivity contribution in [1.82, 2.24) is 0 Å². The second-order valence-electron chi connectivity index (χ2n) is 4.56. The molecule has 1 aromatic rings. The first-order valence-corrected chi connectivity index (χ1v) is 5.99. The number of anilines is 1. The van der Waals surface area contributed by atoms with Crippen molar-refractivity contribution in [1.29, 1.82) is 0 Å². The molecule has 2 unspecified atom stereocenters. The first kappa shape index (κ1) is 12.7. The van der Waals surface area contributed by atoms with E-state index in [1.54, 1.807) is 7.11 Å². The van der Waals surface area contributed by atoms with Crippen molar-refractivity contribution in [2.24, 2.45) is 11.7 Å². The lowest BCUT2D eigenvalue weighted by molar-refractivity contribution is -0.139. The monoisotopic (exact) mass is 250 g/mol. The van der Waals surface area contributed by atoms with Crippen molar-refractivity contribution < 1.29 is 14.6 Å². The molecule has 1 aliphatic rings. The van der Waals surface area contributed by atoms with Crippen LogP contribution in [0.1, 0.15) is 6.42 Å². The van der Waals surface area contributed by atoms with Gasteiger partial charge < -0.3 is 20.5 Å². The number of nitrogens with zero attached hydrogens (tertiary/aromatic N) is 1. The minimum Gasteiger partial charge on any atom is -0.497 e. The maximum atomic E-state index is 10.9. The number of carbonyl (C=O) groups is 1. The van der Waals surface area contributed by atoms with Crippen LogP contribution < -0.4 is 15.4 Å². The van der Waals surface area contributed by atoms with E-state index in [2.05, 4.69) is 4.90 Å². The highest BCUT2D eigenvalue weighted by Gasteiger charge is 2.31. The van der Waals surface area contributed by atoms with E-state index < -0.39 is 12.0 Å². The number of hydrogen-bond acceptors (Lipinski definition) is 4. The summed E-state index contributed by atoms with van der Waals surface area (Å²) in [6.07, 6.45) is 0.819. The predicted octanol–water partition coefficient (Wildman–Crippen LogP) is 0.933. The molecule has 0 radical (unpaired) electrons. The van der Waals surface area contributed by atoms with Crippen LogP contribution >= 0.6 is 0 Å². The fourth-order valence-electron chi connectivity index (χ4n) is 2.31. The van der Waals surface area contributed by atoms with E-state index in [1.165, 1.54) is 0 Å². The van der Waals surface area contributed by atoms with E-state index in [0.717, 1.165) is 24.4 Å². The van der Waals surface area contributed by atoms with Gasteiger partial charge in [0.1, 0.15) is 11.8 Å². The lowest BCUT2D eigenvalue weighted by Crippen LogP contribution is -2.39. The standard InChI is InChI=1S/C13H18N2O3/c1-18-11-4-2-10(3-5-11)15-7-6-9(8-15)12(14)13(16)17/h2-5,9,12H,6-8,14H2,1H3,(H,16,17). The van der Waals surface area contributed by atoms with E-state index >= 15 is 0 Å². The first-order valence-electron chi connectivity index (χ1n) is 5.99. The summed E-state index contributed by atoms with van der Waals surface area (Å²) in [5, 5.41) is 8.91. The summed E-state index contributed by atoms with van der Waals surface area (Å²) in [4.78, 5) is 13.0. The number of methoxy groups -OCH3 is 1. The van der Waals surface area contributed by atoms with Crippen LogP contribution in [0.4, 0.5) is 5.69 Å². The summed E-state index contributed by atoms with van der Waals surface area (Å²) >= 11 is 0. The Kier molecular flexibility index (Phi) is 3.72. The van der Waals surface area contributed by atoms with E-state index in [0.29, 0.717) is 6.54 Å². The van der Waals surface area contributed by atoms with Crippen molar-refractivity contribution in [3.63, 3.8) is 0 Å². The third-order valence-electron chi connectivity index (χ3n) is 3.46. The van der Waals surface area contributed by atoms with Gasteiger partial charge in [0.25, 0.3) is 0 Å². The molecule has 1 aliphatic heterocycles. The van der Waals surface area contributed by atoms with Crippen LogP contribution in [0.25, 0.3) is 0 Å². The SMILES string of the molecule is COc1ccc(N2CCC(C(N)C(=O)O)C2)cc1. The molecular weight excluding hydrogens is 232 g/mol. The molecule has 3 N–H and O–H groups in total. The van der Waals surface area contributed by atoms with E-state index in [4.69, 9.17) is 15.6 Å². The topological polar surface area (TPSA) is 75.8 Å². The van der Waals surface area contributed by atoms with Crippen molar-refractivity contribution in [3.8, 4) is 5.75 Å². The minimum absolute atomic E-state index is 0.0181. The Labute approximate surface area is 106 Å². The Morgan fingerprint density at radius 1 is 1.50 bits per heavy atom. The third-order valence-corrected chi connectivity index (χ3v) is 3.46. The molecule has 1 saturated heterocycles. The Balaban J connectivity index is 2.01. The molecular formula is C13H18N2O3. The van der Waals surface area contributed by atoms with Gasteiger partial charge in [-0.25, -0.2) is 0 Å². The van der Waals surface area contributed by atoms with E-state index in [9.17, 15) is 4.79 Å². The van der Waals surface area contributed by atoms with Crippen LogP contribution in [0.3, 0.4) is 0 Å². The number of rotatable bonds is 4. The molecule has 1 heterocycles. The molecule has 2 atom stereocenters. The van der Waals surface area contributed by atoms with Gasteiger partial charge in [-0.3, -0.25) is 4.79 Å². The van der Waals surface area contributed by atoms with Crippen molar-refractivity contribution in [2.75, 3.05) is 25.1 Å². The molecule has 1 fully saturated rings. The molecule has 5 heteroatoms. The van der Waals surface area contributed by atoms with Gasteiger partial charge in [-0.1, -0.05) is 0 Å². The number of aliphatic carboxylic acids is 1. The van der Waals surface area contributed by atoms with Gasteiger partial charge in [0, 0.05) is 24.7 Å². The highest BCUT2D eigenvalue weighted by Crippen LogP contribution is 2.26. The van der Waals surface area contributed by atoms with Gasteiger partial charge >= 0.3 is 5.97 Å². The summed E-state index contributed by atoms with van der Waals surface area (Å²) in [5.41, 5.74) is 6.74. The second-order valence-corrected chi connectivity index (χ2v) is 4.56. The Morgan fingerprint density at radius 3 is 2.72 bits per heavy atom. The maximum Gasteiger partial charge on any atom is 0.320 e. The van der Waals surface area contributed by atoms with Crippen LogP contribution in [0.5, 0.6) is 5.75 Å². The molecule has 0 spiro atoms. The van der Waals surface area contributed by atoms with Crippen molar-refractivity contribution >= 4 is 11.7 Å². The van der Waals surface area contributed by atoms with Gasteiger partial charge in [0.2, 0.25) is 0 Å². The van der Waals surface area contributed by atoms with Crippen molar-refractivity contribution in [2.45, 2.75) is 12.5 Å². The molecule has 0 saturated carbocycles. The average molecular weight is 250 g/mol. The molecule has 0 amide bonds. The molecule has 0 bridgehead atoms. The van der Waals surface area contributed by atoms with E-state index in [-0.39, 0.29) is 5.92 Å². The van der Waals surface area contributed by atoms with Crippen LogP contribution in [-0.4, -0.2) is 37.3 Å². The number of carboxylic acids is 1. The number of hydrogen-bond donors (Lipinski definition) is 2. The van der Waals surface area contributed by atoms with Crippen LogP contribution in [0, 0.1) is 5.92 Å². The van der Waals surface area contributed by atoms with Gasteiger partial charge in [0.15, 0.2) is 0 Å². The molecule has 1 aromatic carbocycles. The zero-order valence-electron chi connectivity index (χ0n) is 10.4. The predicted molar refractivity (Wildman–Crippen MR) is 68.9 cm³/mol. The Morgan fingerprint density at radius 2 is 2.17 bits per heavy atom. The zero-order valence-corrected chi connectivity index (χ0v) is 10.4. The van der Waals surface area contributed by atoms with Gasteiger partial charge in [-0.15, -0.1) is 0 Å². The number of carboxylic acid groups (broad SMARTS) is 1. The van der Waals surface area contributed by atoms with Crippen molar-refractivity contribution in [3.05, 3.63) is 24.3 Å². The average Bonchev–Trinajstić information content (AvgIpc) is 2.87. The molecule has 0 aromatic heterocycles. The lowest BCUT2D eigenvalue weighted by Gasteiger charge is -2.20. The van der Waals surface area contributed by atoms with Gasteiger partial charge in [0.05, 0.1) is 7.11 Å². The Bertz CT molecular complexity index is 419. The summed E-state index contributed by atoms with van der Waals surface area (Å²) < 4.78 is 5.11. The third kappa shape index (κ3) is 2.56. The fraction of sp³-hybridized carbons (Fsp3) is 0.462. The minimum atomic E-state index is -0.920. The van der Waals surface area contributed by atoms with Gasteiger partial charge in [-0.2, -0.15) is 0 Å². The number of ether oxygens (including phenoxy) is 1. The van der Waals surface area contributed by atoms with Crippen LogP contribution in [-0.2, 0) is 4.79 Å². The summed E-state index contributed by atoms with van der Waals surface area (Å²) in [7, 11) is 1.63. The molecule has 5 nitrogen and oxygen atoms in total. The summed E-state index contributed by atoms with van der Waals surface area (Å²) in [6, 6.07) is 6.99. The quantitative estimate of drug-likeness (QED) is 0.831. The first-order chi connectivity index (χ1) is 8.61. The fourth-order valence-corrected chi connectivity index (χ4v) is 2.31.